The molecule has 3 aromatic rings. The maximum absolute atomic E-state index is 6.49. The summed E-state index contributed by atoms with van der Waals surface area (Å²) in [4.78, 5) is 0. The first kappa shape index (κ1) is 23.1. The highest BCUT2D eigenvalue weighted by molar-refractivity contribution is 9.09. The van der Waals surface area contributed by atoms with Crippen LogP contribution in [0.5, 0.6) is 0 Å². The Hall–Kier alpha value is -2.02. The molecule has 0 aliphatic carbocycles. The zero-order chi connectivity index (χ0) is 22.0. The predicted octanol–water partition coefficient (Wildman–Crippen LogP) is 5.11. The van der Waals surface area contributed by atoms with Gasteiger partial charge in [-0.3, -0.25) is 0 Å². The zero-order valence-corrected chi connectivity index (χ0v) is 19.7. The van der Waals surface area contributed by atoms with Crippen molar-refractivity contribution in [2.24, 2.45) is 0 Å². The number of hydrogen-bond donors (Lipinski definition) is 1. The van der Waals surface area contributed by atoms with Crippen molar-refractivity contribution in [3.63, 3.8) is 0 Å². The van der Waals surface area contributed by atoms with Crippen molar-refractivity contribution in [1.82, 2.24) is 5.32 Å². The second kappa shape index (κ2) is 12.3. The van der Waals surface area contributed by atoms with Gasteiger partial charge in [-0.2, -0.15) is 0 Å². The average Bonchev–Trinajstić information content (AvgIpc) is 2.87. The minimum atomic E-state index is -0.188. The van der Waals surface area contributed by atoms with Crippen LogP contribution in [-0.2, 0) is 34.0 Å². The van der Waals surface area contributed by atoms with E-state index < -0.39 is 0 Å². The van der Waals surface area contributed by atoms with Gasteiger partial charge in [-0.05, 0) is 16.7 Å². The molecule has 0 amide bonds. The Kier molecular flexibility index (Phi) is 8.88. The Labute approximate surface area is 199 Å². The minimum absolute atomic E-state index is 0.116. The molecule has 1 heterocycles. The van der Waals surface area contributed by atoms with Crippen LogP contribution in [0.3, 0.4) is 0 Å². The van der Waals surface area contributed by atoms with E-state index in [2.05, 4.69) is 57.6 Å². The van der Waals surface area contributed by atoms with Crippen LogP contribution in [0.4, 0.5) is 0 Å². The lowest BCUT2D eigenvalue weighted by Gasteiger charge is -2.42. The van der Waals surface area contributed by atoms with Gasteiger partial charge < -0.3 is 19.5 Å². The summed E-state index contributed by atoms with van der Waals surface area (Å²) in [7, 11) is 0. The predicted molar refractivity (Wildman–Crippen MR) is 131 cm³/mol. The summed E-state index contributed by atoms with van der Waals surface area (Å²) in [5.74, 6) is 0. The molecule has 0 spiro atoms. The largest absolute Gasteiger partial charge is 0.369 e. The van der Waals surface area contributed by atoms with Crippen molar-refractivity contribution in [1.29, 1.82) is 0 Å². The third-order valence-electron chi connectivity index (χ3n) is 5.71. The molecule has 0 bridgehead atoms. The molecule has 4 rings (SSSR count). The SMILES string of the molecule is BrCC1NCC(OCc2ccccc2)C(OCc2ccccc2)C1OCc1ccccc1. The van der Waals surface area contributed by atoms with Crippen LogP contribution >= 0.6 is 15.9 Å². The molecule has 0 saturated carbocycles. The molecular weight excluding hydrogens is 466 g/mol. The highest BCUT2D eigenvalue weighted by Crippen LogP contribution is 2.24. The molecule has 5 heteroatoms. The molecule has 1 fully saturated rings. The van der Waals surface area contributed by atoms with E-state index in [9.17, 15) is 0 Å². The highest BCUT2D eigenvalue weighted by Gasteiger charge is 2.41. The summed E-state index contributed by atoms with van der Waals surface area (Å²) < 4.78 is 19.3. The van der Waals surface area contributed by atoms with Crippen molar-refractivity contribution < 1.29 is 14.2 Å². The first-order valence-electron chi connectivity index (χ1n) is 11.1. The average molecular weight is 496 g/mol. The Morgan fingerprint density at radius 1 is 0.625 bits per heavy atom. The van der Waals surface area contributed by atoms with Gasteiger partial charge in [0.05, 0.1) is 25.9 Å². The van der Waals surface area contributed by atoms with E-state index >= 15 is 0 Å². The molecule has 3 aromatic carbocycles. The molecule has 0 radical (unpaired) electrons. The Bertz CT molecular complexity index is 910. The van der Waals surface area contributed by atoms with Crippen molar-refractivity contribution >= 4 is 15.9 Å². The summed E-state index contributed by atoms with van der Waals surface area (Å²) in [6, 6.07) is 30.9. The lowest BCUT2D eigenvalue weighted by Crippen LogP contribution is -2.62. The second-order valence-electron chi connectivity index (χ2n) is 8.03. The van der Waals surface area contributed by atoms with E-state index in [0.29, 0.717) is 26.4 Å². The third-order valence-corrected chi connectivity index (χ3v) is 6.41. The Balaban J connectivity index is 1.49. The van der Waals surface area contributed by atoms with E-state index in [1.807, 2.05) is 54.6 Å². The molecule has 1 aliphatic rings. The van der Waals surface area contributed by atoms with Gasteiger partial charge in [0.15, 0.2) is 0 Å². The number of piperidine rings is 1. The van der Waals surface area contributed by atoms with Crippen LogP contribution in [0.25, 0.3) is 0 Å². The van der Waals surface area contributed by atoms with E-state index in [1.54, 1.807) is 0 Å². The molecule has 1 N–H and O–H groups in total. The fourth-order valence-electron chi connectivity index (χ4n) is 3.96. The number of rotatable bonds is 10. The van der Waals surface area contributed by atoms with E-state index in [0.717, 1.165) is 22.0 Å². The zero-order valence-electron chi connectivity index (χ0n) is 18.1. The van der Waals surface area contributed by atoms with Gasteiger partial charge in [0, 0.05) is 17.9 Å². The number of alkyl halides is 1. The standard InChI is InChI=1S/C27H30BrNO3/c28-16-24-26(31-19-22-12-6-2-7-13-22)27(32-20-23-14-8-3-9-15-23)25(17-29-24)30-18-21-10-4-1-5-11-21/h1-15,24-27,29H,16-20H2. The van der Waals surface area contributed by atoms with E-state index in [4.69, 9.17) is 14.2 Å². The van der Waals surface area contributed by atoms with Crippen molar-refractivity contribution in [3.05, 3.63) is 108 Å². The molecule has 0 aromatic heterocycles. The Morgan fingerprint density at radius 3 is 1.53 bits per heavy atom. The maximum atomic E-state index is 6.49. The van der Waals surface area contributed by atoms with Gasteiger partial charge in [0.2, 0.25) is 0 Å². The fraction of sp³-hybridized carbons (Fsp3) is 0.333. The quantitative estimate of drug-likeness (QED) is 0.396. The summed E-state index contributed by atoms with van der Waals surface area (Å²) in [6.07, 6.45) is -0.450. The van der Waals surface area contributed by atoms with Crippen LogP contribution in [0, 0.1) is 0 Å². The number of halogens is 1. The van der Waals surface area contributed by atoms with Crippen LogP contribution in [0.2, 0.25) is 0 Å². The first-order chi connectivity index (χ1) is 15.8. The molecular formula is C27H30BrNO3. The smallest absolute Gasteiger partial charge is 0.113 e. The summed E-state index contributed by atoms with van der Waals surface area (Å²) in [5.41, 5.74) is 3.44. The fourth-order valence-corrected chi connectivity index (χ4v) is 4.56. The van der Waals surface area contributed by atoms with Crippen LogP contribution in [-0.4, -0.2) is 36.2 Å². The number of hydrogen-bond acceptors (Lipinski definition) is 4. The van der Waals surface area contributed by atoms with Crippen LogP contribution < -0.4 is 5.32 Å². The highest BCUT2D eigenvalue weighted by atomic mass is 79.9. The summed E-state index contributed by atoms with van der Waals surface area (Å²) in [6.45, 7) is 2.32. The minimum Gasteiger partial charge on any atom is -0.369 e. The van der Waals surface area contributed by atoms with Gasteiger partial charge in [-0.25, -0.2) is 0 Å². The van der Waals surface area contributed by atoms with Crippen LogP contribution in [0.15, 0.2) is 91.0 Å². The number of ether oxygens (including phenoxy) is 3. The Morgan fingerprint density at radius 2 is 1.06 bits per heavy atom. The van der Waals surface area contributed by atoms with Crippen molar-refractivity contribution in [3.8, 4) is 0 Å². The normalized spacial score (nSPS) is 23.2. The molecule has 168 valence electrons. The molecule has 1 aliphatic heterocycles. The molecule has 4 unspecified atom stereocenters. The van der Waals surface area contributed by atoms with E-state index in [1.165, 1.54) is 0 Å². The first-order valence-corrected chi connectivity index (χ1v) is 12.2. The lowest BCUT2D eigenvalue weighted by atomic mass is 9.96. The lowest BCUT2D eigenvalue weighted by molar-refractivity contribution is -0.173. The van der Waals surface area contributed by atoms with Gasteiger partial charge in [-0.1, -0.05) is 107 Å². The van der Waals surface area contributed by atoms with Gasteiger partial charge in [0.25, 0.3) is 0 Å². The number of benzene rings is 3. The maximum Gasteiger partial charge on any atom is 0.113 e. The van der Waals surface area contributed by atoms with Gasteiger partial charge in [0.1, 0.15) is 12.2 Å². The number of nitrogens with one attached hydrogen (secondary N) is 1. The molecule has 4 atom stereocenters. The van der Waals surface area contributed by atoms with Gasteiger partial charge in [-0.15, -0.1) is 0 Å². The molecule has 32 heavy (non-hydrogen) atoms. The summed E-state index contributed by atoms with van der Waals surface area (Å²) >= 11 is 3.66. The molecule has 4 nitrogen and oxygen atoms in total. The molecule has 1 saturated heterocycles. The monoisotopic (exact) mass is 495 g/mol. The topological polar surface area (TPSA) is 39.7 Å². The van der Waals surface area contributed by atoms with Gasteiger partial charge >= 0.3 is 0 Å². The third kappa shape index (κ3) is 6.50. The van der Waals surface area contributed by atoms with E-state index in [-0.39, 0.29) is 24.4 Å². The second-order valence-corrected chi connectivity index (χ2v) is 8.67. The van der Waals surface area contributed by atoms with Crippen molar-refractivity contribution in [2.45, 2.75) is 44.2 Å². The van der Waals surface area contributed by atoms with Crippen LogP contribution in [0.1, 0.15) is 16.7 Å². The van der Waals surface area contributed by atoms with Crippen molar-refractivity contribution in [2.75, 3.05) is 11.9 Å². The summed E-state index contributed by atoms with van der Waals surface area (Å²) in [5, 5.41) is 4.37.